The van der Waals surface area contributed by atoms with Crippen LogP contribution in [-0.2, 0) is 4.79 Å². The molecule has 0 unspecified atom stereocenters. The van der Waals surface area contributed by atoms with Crippen molar-refractivity contribution in [2.75, 3.05) is 11.6 Å². The second-order valence-corrected chi connectivity index (χ2v) is 2.67. The maximum Gasteiger partial charge on any atom is 0.220 e. The van der Waals surface area contributed by atoms with Crippen LogP contribution in [0.4, 0.5) is 0 Å². The zero-order chi connectivity index (χ0) is 5.98. The highest BCUT2D eigenvalue weighted by Crippen LogP contribution is 2.16. The summed E-state index contributed by atoms with van der Waals surface area (Å²) in [4.78, 5) is 12.3. The van der Waals surface area contributed by atoms with Crippen LogP contribution < -0.4 is 0 Å². The maximum absolute atomic E-state index is 10.5. The second kappa shape index (κ2) is 2.40. The van der Waals surface area contributed by atoms with Crippen molar-refractivity contribution in [2.24, 2.45) is 0 Å². The zero-order valence-electron chi connectivity index (χ0n) is 4.76. The largest absolute Gasteiger partial charge is 0.328 e. The average Bonchev–Trinajstić information content (AvgIpc) is 2.12. The molecule has 1 saturated heterocycles. The average molecular weight is 130 g/mol. The van der Waals surface area contributed by atoms with Crippen LogP contribution in [0.1, 0.15) is 6.92 Å². The molecule has 1 radical (unpaired) electrons. The van der Waals surface area contributed by atoms with E-state index in [0.29, 0.717) is 0 Å². The number of hydrogen-bond donors (Lipinski definition) is 0. The summed E-state index contributed by atoms with van der Waals surface area (Å²) in [7, 11) is 0. The van der Waals surface area contributed by atoms with Gasteiger partial charge >= 0.3 is 0 Å². The number of nitrogens with zero attached hydrogens (tertiary/aromatic N) is 1. The first-order valence-corrected chi connectivity index (χ1v) is 3.64. The molecular weight excluding hydrogens is 122 g/mol. The van der Waals surface area contributed by atoms with Gasteiger partial charge in [-0.15, -0.1) is 11.8 Å². The van der Waals surface area contributed by atoms with Gasteiger partial charge in [0.05, 0.1) is 12.4 Å². The Labute approximate surface area is 53.2 Å². The van der Waals surface area contributed by atoms with Gasteiger partial charge in [-0.1, -0.05) is 0 Å². The van der Waals surface area contributed by atoms with Gasteiger partial charge in [-0.05, 0) is 0 Å². The molecule has 0 atom stereocenters. The van der Waals surface area contributed by atoms with Crippen LogP contribution in [-0.4, -0.2) is 22.4 Å². The van der Waals surface area contributed by atoms with Crippen LogP contribution >= 0.6 is 11.8 Å². The molecule has 1 amide bonds. The minimum atomic E-state index is 0.148. The van der Waals surface area contributed by atoms with Crippen molar-refractivity contribution in [3.63, 3.8) is 0 Å². The van der Waals surface area contributed by atoms with Crippen molar-refractivity contribution in [1.82, 2.24) is 4.90 Å². The Morgan fingerprint density at radius 1 is 1.88 bits per heavy atom. The summed E-state index contributed by atoms with van der Waals surface area (Å²) in [5.41, 5.74) is 0. The van der Waals surface area contributed by atoms with Crippen molar-refractivity contribution in [2.45, 2.75) is 6.92 Å². The Bertz CT molecular complexity index is 98.6. The number of thioether (sulfide) groups is 1. The Hall–Kier alpha value is -0.180. The Morgan fingerprint density at radius 2 is 2.62 bits per heavy atom. The monoisotopic (exact) mass is 130 g/mol. The number of carbonyl (C=O) groups excluding carboxylic acids is 1. The molecule has 0 aromatic heterocycles. The summed E-state index contributed by atoms with van der Waals surface area (Å²) in [6.07, 6.45) is 0. The lowest BCUT2D eigenvalue weighted by Crippen LogP contribution is -2.20. The van der Waals surface area contributed by atoms with E-state index in [4.69, 9.17) is 0 Å². The van der Waals surface area contributed by atoms with Crippen LogP contribution in [0.25, 0.3) is 0 Å². The van der Waals surface area contributed by atoms with Gasteiger partial charge in [-0.2, -0.15) is 0 Å². The summed E-state index contributed by atoms with van der Waals surface area (Å²) < 4.78 is 0. The van der Waals surface area contributed by atoms with Crippen molar-refractivity contribution in [3.8, 4) is 0 Å². The smallest absolute Gasteiger partial charge is 0.220 e. The molecule has 3 heteroatoms. The zero-order valence-corrected chi connectivity index (χ0v) is 5.57. The van der Waals surface area contributed by atoms with E-state index in [-0.39, 0.29) is 5.91 Å². The molecule has 0 saturated carbocycles. The fourth-order valence-corrected chi connectivity index (χ4v) is 1.44. The number of rotatable bonds is 0. The fraction of sp³-hybridized carbons (Fsp3) is 0.600. The van der Waals surface area contributed by atoms with E-state index < -0.39 is 0 Å². The molecule has 1 rings (SSSR count). The Balaban J connectivity index is 2.35. The van der Waals surface area contributed by atoms with Gasteiger partial charge in [-0.25, -0.2) is 0 Å². The first-order chi connectivity index (χ1) is 3.80. The summed E-state index contributed by atoms with van der Waals surface area (Å²) in [5, 5.41) is 0. The number of hydrogen-bond acceptors (Lipinski definition) is 2. The van der Waals surface area contributed by atoms with E-state index in [0.717, 1.165) is 11.6 Å². The van der Waals surface area contributed by atoms with E-state index in [1.54, 1.807) is 23.6 Å². The lowest BCUT2D eigenvalue weighted by Gasteiger charge is -2.08. The lowest BCUT2D eigenvalue weighted by molar-refractivity contribution is -0.126. The molecule has 1 fully saturated rings. The van der Waals surface area contributed by atoms with Crippen LogP contribution in [0.2, 0.25) is 0 Å². The van der Waals surface area contributed by atoms with E-state index in [9.17, 15) is 4.79 Å². The topological polar surface area (TPSA) is 20.3 Å². The molecule has 0 aromatic rings. The standard InChI is InChI=1S/C5H8NOS/c1-5(7)6-2-3-8-4-6/h2H,3-4H2,1H3. The normalized spacial score (nSPS) is 19.4. The van der Waals surface area contributed by atoms with Gasteiger partial charge in [0.25, 0.3) is 0 Å². The third-order valence-electron chi connectivity index (χ3n) is 1.05. The quantitative estimate of drug-likeness (QED) is 0.481. The molecular formula is C5H8NOS. The van der Waals surface area contributed by atoms with Gasteiger partial charge in [0.1, 0.15) is 0 Å². The molecule has 45 valence electrons. The molecule has 0 aliphatic carbocycles. The highest BCUT2D eigenvalue weighted by Gasteiger charge is 2.13. The molecule has 8 heavy (non-hydrogen) atoms. The van der Waals surface area contributed by atoms with Gasteiger partial charge in [0, 0.05) is 12.7 Å². The van der Waals surface area contributed by atoms with E-state index >= 15 is 0 Å². The number of carbonyl (C=O) groups is 1. The fourth-order valence-electron chi connectivity index (χ4n) is 0.566. The molecule has 1 aliphatic rings. The van der Waals surface area contributed by atoms with Gasteiger partial charge in [0.2, 0.25) is 5.91 Å². The van der Waals surface area contributed by atoms with Gasteiger partial charge < -0.3 is 4.90 Å². The summed E-state index contributed by atoms with van der Waals surface area (Å²) in [6, 6.07) is 0. The van der Waals surface area contributed by atoms with Gasteiger partial charge in [-0.3, -0.25) is 4.79 Å². The van der Waals surface area contributed by atoms with Crippen LogP contribution in [0.3, 0.4) is 0 Å². The van der Waals surface area contributed by atoms with Crippen LogP contribution in [0.15, 0.2) is 0 Å². The van der Waals surface area contributed by atoms with Crippen molar-refractivity contribution < 1.29 is 4.79 Å². The lowest BCUT2D eigenvalue weighted by atomic mass is 10.6. The van der Waals surface area contributed by atoms with Crippen LogP contribution in [0.5, 0.6) is 0 Å². The second-order valence-electron chi connectivity index (χ2n) is 1.67. The van der Waals surface area contributed by atoms with Crippen molar-refractivity contribution >= 4 is 17.7 Å². The van der Waals surface area contributed by atoms with Crippen molar-refractivity contribution in [1.29, 1.82) is 0 Å². The highest BCUT2D eigenvalue weighted by atomic mass is 32.2. The summed E-state index contributed by atoms with van der Waals surface area (Å²) in [6.45, 7) is 3.51. The van der Waals surface area contributed by atoms with E-state index in [2.05, 4.69) is 0 Å². The molecule has 0 aromatic carbocycles. The first kappa shape index (κ1) is 5.95. The summed E-state index contributed by atoms with van der Waals surface area (Å²) >= 11 is 1.76. The molecule has 2 nitrogen and oxygen atoms in total. The van der Waals surface area contributed by atoms with Crippen molar-refractivity contribution in [3.05, 3.63) is 6.54 Å². The van der Waals surface area contributed by atoms with E-state index in [1.165, 1.54) is 0 Å². The Morgan fingerprint density at radius 3 is 2.88 bits per heavy atom. The minimum absolute atomic E-state index is 0.148. The third kappa shape index (κ3) is 1.15. The Kier molecular flexibility index (Phi) is 1.78. The molecule has 0 spiro atoms. The highest BCUT2D eigenvalue weighted by molar-refractivity contribution is 7.99. The van der Waals surface area contributed by atoms with Gasteiger partial charge in [0.15, 0.2) is 0 Å². The minimum Gasteiger partial charge on any atom is -0.328 e. The predicted octanol–water partition coefficient (Wildman–Crippen LogP) is 0.701. The SMILES string of the molecule is CC(=O)N1[CH]CSC1. The predicted molar refractivity (Wildman–Crippen MR) is 34.1 cm³/mol. The molecule has 0 bridgehead atoms. The maximum atomic E-state index is 10.5. The van der Waals surface area contributed by atoms with Crippen LogP contribution in [0, 0.1) is 6.54 Å². The molecule has 1 heterocycles. The van der Waals surface area contributed by atoms with E-state index in [1.807, 2.05) is 6.54 Å². The summed E-state index contributed by atoms with van der Waals surface area (Å²) in [5.74, 6) is 1.98. The first-order valence-electron chi connectivity index (χ1n) is 2.49. The molecule has 0 N–H and O–H groups in total. The molecule has 1 aliphatic heterocycles. The third-order valence-corrected chi connectivity index (χ3v) is 1.89. The number of amides is 1.